The Morgan fingerprint density at radius 2 is 2.32 bits per heavy atom. The number of rotatable bonds is 5. The third-order valence-corrected chi connectivity index (χ3v) is 5.79. The van der Waals surface area contributed by atoms with E-state index >= 15 is 0 Å². The molecule has 0 aliphatic carbocycles. The molecule has 1 nitrogen and oxygen atoms in total. The van der Waals surface area contributed by atoms with E-state index in [0.29, 0.717) is 6.04 Å². The standard InChI is InChI=1S/C15H21ClFNS/c1-3-18-14(15(2)7-4-8-19-15)10-11-5-6-13(17)12(16)9-11/h5-6,9,14,18H,3-4,7-8,10H2,1-2H3. The number of hydrogen-bond acceptors (Lipinski definition) is 2. The van der Waals surface area contributed by atoms with Crippen LogP contribution in [0.25, 0.3) is 0 Å². The van der Waals surface area contributed by atoms with E-state index in [4.69, 9.17) is 11.6 Å². The maximum atomic E-state index is 13.2. The zero-order valence-electron chi connectivity index (χ0n) is 11.5. The largest absolute Gasteiger partial charge is 0.313 e. The first-order valence-electron chi connectivity index (χ1n) is 6.86. The van der Waals surface area contributed by atoms with Gasteiger partial charge in [-0.2, -0.15) is 11.8 Å². The molecule has 0 saturated carbocycles. The summed E-state index contributed by atoms with van der Waals surface area (Å²) in [6, 6.07) is 5.47. The second-order valence-electron chi connectivity index (χ2n) is 5.33. The maximum Gasteiger partial charge on any atom is 0.141 e. The molecule has 2 unspecified atom stereocenters. The molecule has 19 heavy (non-hydrogen) atoms. The van der Waals surface area contributed by atoms with Gasteiger partial charge in [-0.25, -0.2) is 4.39 Å². The summed E-state index contributed by atoms with van der Waals surface area (Å²) in [6.07, 6.45) is 3.43. The topological polar surface area (TPSA) is 12.0 Å². The molecule has 1 heterocycles. The summed E-state index contributed by atoms with van der Waals surface area (Å²) < 4.78 is 13.5. The summed E-state index contributed by atoms with van der Waals surface area (Å²) >= 11 is 7.92. The van der Waals surface area contributed by atoms with Gasteiger partial charge >= 0.3 is 0 Å². The van der Waals surface area contributed by atoms with Gasteiger partial charge in [0.25, 0.3) is 0 Å². The van der Waals surface area contributed by atoms with E-state index in [2.05, 4.69) is 19.2 Å². The van der Waals surface area contributed by atoms with Gasteiger partial charge in [0.05, 0.1) is 5.02 Å². The van der Waals surface area contributed by atoms with Crippen molar-refractivity contribution in [3.05, 3.63) is 34.6 Å². The number of halogens is 2. The van der Waals surface area contributed by atoms with Crippen molar-refractivity contribution in [2.45, 2.75) is 43.9 Å². The van der Waals surface area contributed by atoms with Gasteiger partial charge < -0.3 is 5.32 Å². The molecule has 2 rings (SSSR count). The normalized spacial score (nSPS) is 24.6. The molecular weight excluding hydrogens is 281 g/mol. The molecular formula is C15H21ClFNS. The highest BCUT2D eigenvalue weighted by atomic mass is 35.5. The van der Waals surface area contributed by atoms with E-state index < -0.39 is 0 Å². The fourth-order valence-electron chi connectivity index (χ4n) is 2.73. The highest BCUT2D eigenvalue weighted by Gasteiger charge is 2.37. The van der Waals surface area contributed by atoms with Crippen LogP contribution >= 0.6 is 23.4 Å². The van der Waals surface area contributed by atoms with E-state index in [1.54, 1.807) is 6.07 Å². The third kappa shape index (κ3) is 3.65. The first-order chi connectivity index (χ1) is 9.05. The predicted molar refractivity (Wildman–Crippen MR) is 82.7 cm³/mol. The van der Waals surface area contributed by atoms with Crippen LogP contribution in [0.3, 0.4) is 0 Å². The van der Waals surface area contributed by atoms with E-state index in [1.165, 1.54) is 24.7 Å². The van der Waals surface area contributed by atoms with Gasteiger partial charge in [0.15, 0.2) is 0 Å². The Bertz CT molecular complexity index is 432. The fraction of sp³-hybridized carbons (Fsp3) is 0.600. The quantitative estimate of drug-likeness (QED) is 0.871. The molecule has 1 aromatic rings. The van der Waals surface area contributed by atoms with Crippen molar-refractivity contribution >= 4 is 23.4 Å². The zero-order chi connectivity index (χ0) is 13.9. The first kappa shape index (κ1) is 15.1. The summed E-state index contributed by atoms with van der Waals surface area (Å²) in [6.45, 7) is 5.42. The molecule has 1 aliphatic heterocycles. The number of likely N-dealkylation sites (N-methyl/N-ethyl adjacent to an activating group) is 1. The molecule has 0 bridgehead atoms. The summed E-state index contributed by atoms with van der Waals surface area (Å²) in [5.41, 5.74) is 1.10. The average molecular weight is 302 g/mol. The van der Waals surface area contributed by atoms with Crippen molar-refractivity contribution < 1.29 is 4.39 Å². The van der Waals surface area contributed by atoms with Gasteiger partial charge in [0, 0.05) is 10.8 Å². The van der Waals surface area contributed by atoms with Crippen molar-refractivity contribution in [3.63, 3.8) is 0 Å². The molecule has 0 spiro atoms. The van der Waals surface area contributed by atoms with Crippen LogP contribution < -0.4 is 5.32 Å². The molecule has 0 aromatic heterocycles. The molecule has 1 aliphatic rings. The molecule has 1 N–H and O–H groups in total. The van der Waals surface area contributed by atoms with Gasteiger partial charge in [-0.05, 0) is 56.2 Å². The first-order valence-corrected chi connectivity index (χ1v) is 8.23. The summed E-state index contributed by atoms with van der Waals surface area (Å²) in [4.78, 5) is 0. The van der Waals surface area contributed by atoms with Crippen LogP contribution in [0.1, 0.15) is 32.3 Å². The van der Waals surface area contributed by atoms with Crippen molar-refractivity contribution in [2.24, 2.45) is 0 Å². The van der Waals surface area contributed by atoms with Gasteiger partial charge in [0.1, 0.15) is 5.82 Å². The predicted octanol–water partition coefficient (Wildman–Crippen LogP) is 4.29. The number of nitrogens with one attached hydrogen (secondary N) is 1. The minimum atomic E-state index is -0.341. The lowest BCUT2D eigenvalue weighted by Gasteiger charge is -2.34. The molecule has 0 radical (unpaired) electrons. The van der Waals surface area contributed by atoms with Crippen molar-refractivity contribution in [3.8, 4) is 0 Å². The van der Waals surface area contributed by atoms with E-state index in [0.717, 1.165) is 18.5 Å². The molecule has 1 saturated heterocycles. The lowest BCUT2D eigenvalue weighted by Crippen LogP contribution is -2.46. The third-order valence-electron chi connectivity index (χ3n) is 3.86. The Morgan fingerprint density at radius 1 is 1.53 bits per heavy atom. The zero-order valence-corrected chi connectivity index (χ0v) is 13.1. The number of thioether (sulfide) groups is 1. The van der Waals surface area contributed by atoms with Crippen LogP contribution in [0.15, 0.2) is 18.2 Å². The lowest BCUT2D eigenvalue weighted by atomic mass is 9.90. The number of benzene rings is 1. The Morgan fingerprint density at radius 3 is 2.89 bits per heavy atom. The van der Waals surface area contributed by atoms with Crippen molar-refractivity contribution in [2.75, 3.05) is 12.3 Å². The van der Waals surface area contributed by atoms with Crippen LogP contribution in [-0.4, -0.2) is 23.1 Å². The van der Waals surface area contributed by atoms with Crippen LogP contribution in [0.5, 0.6) is 0 Å². The maximum absolute atomic E-state index is 13.2. The average Bonchev–Trinajstić information content (AvgIpc) is 2.81. The van der Waals surface area contributed by atoms with Gasteiger partial charge in [-0.1, -0.05) is 24.6 Å². The van der Waals surface area contributed by atoms with Gasteiger partial charge in [-0.15, -0.1) is 0 Å². The fourth-order valence-corrected chi connectivity index (χ4v) is 4.34. The molecule has 1 aromatic carbocycles. The molecule has 2 atom stereocenters. The smallest absolute Gasteiger partial charge is 0.141 e. The second-order valence-corrected chi connectivity index (χ2v) is 7.36. The Balaban J connectivity index is 2.13. The SMILES string of the molecule is CCNC(Cc1ccc(F)c(Cl)c1)C1(C)CCCS1. The van der Waals surface area contributed by atoms with E-state index in [9.17, 15) is 4.39 Å². The van der Waals surface area contributed by atoms with E-state index in [-0.39, 0.29) is 15.6 Å². The summed E-state index contributed by atoms with van der Waals surface area (Å²) in [7, 11) is 0. The van der Waals surface area contributed by atoms with Crippen LogP contribution in [0.2, 0.25) is 5.02 Å². The summed E-state index contributed by atoms with van der Waals surface area (Å²) in [5.74, 6) is 0.898. The Hall–Kier alpha value is -0.250. The van der Waals surface area contributed by atoms with Crippen LogP contribution in [-0.2, 0) is 6.42 Å². The Kier molecular flexibility index (Phi) is 5.15. The van der Waals surface area contributed by atoms with Crippen LogP contribution in [0, 0.1) is 5.82 Å². The van der Waals surface area contributed by atoms with Gasteiger partial charge in [0.2, 0.25) is 0 Å². The molecule has 0 amide bonds. The highest BCUT2D eigenvalue weighted by molar-refractivity contribution is 8.00. The lowest BCUT2D eigenvalue weighted by molar-refractivity contribution is 0.406. The van der Waals surface area contributed by atoms with Gasteiger partial charge in [-0.3, -0.25) is 0 Å². The van der Waals surface area contributed by atoms with Crippen LogP contribution in [0.4, 0.5) is 4.39 Å². The summed E-state index contributed by atoms with van der Waals surface area (Å²) in [5, 5.41) is 3.81. The van der Waals surface area contributed by atoms with Crippen molar-refractivity contribution in [1.29, 1.82) is 0 Å². The van der Waals surface area contributed by atoms with Crippen molar-refractivity contribution in [1.82, 2.24) is 5.32 Å². The second kappa shape index (κ2) is 6.47. The highest BCUT2D eigenvalue weighted by Crippen LogP contribution is 2.41. The molecule has 4 heteroatoms. The molecule has 1 fully saturated rings. The monoisotopic (exact) mass is 301 g/mol. The minimum Gasteiger partial charge on any atom is -0.313 e. The number of hydrogen-bond donors (Lipinski definition) is 1. The van der Waals surface area contributed by atoms with E-state index in [1.807, 2.05) is 17.8 Å². The minimum absolute atomic E-state index is 0.219. The Labute approximate surface area is 124 Å². The molecule has 106 valence electrons.